The van der Waals surface area contributed by atoms with Crippen molar-refractivity contribution in [2.45, 2.75) is 18.2 Å². The van der Waals surface area contributed by atoms with Crippen LogP contribution in [-0.2, 0) is 11.2 Å². The molecule has 1 amide bonds. The van der Waals surface area contributed by atoms with E-state index in [4.69, 9.17) is 0 Å². The second-order valence-electron chi connectivity index (χ2n) is 4.39. The van der Waals surface area contributed by atoms with Gasteiger partial charge >= 0.3 is 0 Å². The van der Waals surface area contributed by atoms with Gasteiger partial charge in [-0.05, 0) is 29.0 Å². The Morgan fingerprint density at radius 1 is 1.35 bits per heavy atom. The smallest absolute Gasteiger partial charge is 0.221 e. The lowest BCUT2D eigenvalue weighted by molar-refractivity contribution is -0.114. The molecular weight excluding hydrogens is 278 g/mol. The van der Waals surface area contributed by atoms with Crippen LogP contribution in [0.2, 0.25) is 0 Å². The number of nitrogens with one attached hydrogen (secondary N) is 1. The van der Waals surface area contributed by atoms with Gasteiger partial charge in [-0.15, -0.1) is 0 Å². The first-order valence-corrected chi connectivity index (χ1v) is 6.54. The molecule has 1 aliphatic rings. The van der Waals surface area contributed by atoms with Crippen LogP contribution in [0.4, 0.5) is 5.69 Å². The van der Waals surface area contributed by atoms with E-state index in [2.05, 4.69) is 45.5 Å². The largest absolute Gasteiger partial charge is 0.326 e. The number of carbonyl (C=O) groups is 1. The quantitative estimate of drug-likeness (QED) is 0.795. The highest BCUT2D eigenvalue weighted by Crippen LogP contribution is 2.43. The molecule has 0 aliphatic heterocycles. The third-order valence-electron chi connectivity index (χ3n) is 3.21. The molecule has 17 heavy (non-hydrogen) atoms. The standard InChI is InChI=1S/C14H12BrNO/c1-8(17)16-13-6-5-10-12(15)7-9-3-2-4-11(13)14(9)10/h2-6,12H,7H2,1H3,(H,16,17)/t12-/m0/s1. The number of hydrogen-bond acceptors (Lipinski definition) is 1. The Bertz CT molecular complexity index is 621. The summed E-state index contributed by atoms with van der Waals surface area (Å²) in [5.74, 6) is -0.0286. The van der Waals surface area contributed by atoms with Crippen LogP contribution in [0.5, 0.6) is 0 Å². The highest BCUT2D eigenvalue weighted by atomic mass is 79.9. The number of halogens is 1. The number of alkyl halides is 1. The Hall–Kier alpha value is -1.35. The van der Waals surface area contributed by atoms with Crippen molar-refractivity contribution in [3.8, 4) is 0 Å². The van der Waals surface area contributed by atoms with Gasteiger partial charge < -0.3 is 5.32 Å². The molecule has 2 aromatic carbocycles. The third-order valence-corrected chi connectivity index (χ3v) is 4.02. The first kappa shape index (κ1) is 10.8. The Morgan fingerprint density at radius 3 is 2.94 bits per heavy atom. The van der Waals surface area contributed by atoms with Gasteiger partial charge in [0, 0.05) is 22.8 Å². The average Bonchev–Trinajstić information content (AvgIpc) is 2.60. The van der Waals surface area contributed by atoms with Crippen molar-refractivity contribution < 1.29 is 4.79 Å². The maximum atomic E-state index is 11.2. The molecular formula is C14H12BrNO. The van der Waals surface area contributed by atoms with E-state index in [0.29, 0.717) is 4.83 Å². The summed E-state index contributed by atoms with van der Waals surface area (Å²) in [7, 11) is 0. The summed E-state index contributed by atoms with van der Waals surface area (Å²) in [4.78, 5) is 11.6. The Balaban J connectivity index is 2.29. The van der Waals surface area contributed by atoms with Crippen molar-refractivity contribution in [3.05, 3.63) is 41.5 Å². The van der Waals surface area contributed by atoms with Crippen LogP contribution < -0.4 is 5.32 Å². The van der Waals surface area contributed by atoms with E-state index >= 15 is 0 Å². The zero-order chi connectivity index (χ0) is 12.0. The molecule has 0 saturated heterocycles. The summed E-state index contributed by atoms with van der Waals surface area (Å²) >= 11 is 3.70. The van der Waals surface area contributed by atoms with E-state index in [1.807, 2.05) is 6.07 Å². The Kier molecular flexibility index (Phi) is 2.44. The molecule has 1 aliphatic carbocycles. The minimum absolute atomic E-state index is 0.0286. The van der Waals surface area contributed by atoms with Crippen LogP contribution in [0.3, 0.4) is 0 Å². The van der Waals surface area contributed by atoms with E-state index in [-0.39, 0.29) is 5.91 Å². The van der Waals surface area contributed by atoms with Gasteiger partial charge in [0.05, 0.1) is 0 Å². The van der Waals surface area contributed by atoms with E-state index < -0.39 is 0 Å². The zero-order valence-electron chi connectivity index (χ0n) is 9.46. The topological polar surface area (TPSA) is 29.1 Å². The van der Waals surface area contributed by atoms with Crippen LogP contribution in [0.1, 0.15) is 22.9 Å². The molecule has 0 spiro atoms. The van der Waals surface area contributed by atoms with E-state index in [1.54, 1.807) is 0 Å². The lowest BCUT2D eigenvalue weighted by atomic mass is 10.0. The minimum Gasteiger partial charge on any atom is -0.326 e. The summed E-state index contributed by atoms with van der Waals surface area (Å²) < 4.78 is 0. The lowest BCUT2D eigenvalue weighted by Gasteiger charge is -2.09. The summed E-state index contributed by atoms with van der Waals surface area (Å²) in [5, 5.41) is 5.32. The fourth-order valence-electron chi connectivity index (χ4n) is 2.54. The Morgan fingerprint density at radius 2 is 2.18 bits per heavy atom. The highest BCUT2D eigenvalue weighted by molar-refractivity contribution is 9.09. The van der Waals surface area contributed by atoms with Crippen LogP contribution >= 0.6 is 15.9 Å². The second kappa shape index (κ2) is 3.84. The van der Waals surface area contributed by atoms with Gasteiger partial charge in [-0.3, -0.25) is 4.79 Å². The summed E-state index contributed by atoms with van der Waals surface area (Å²) in [6.45, 7) is 1.54. The van der Waals surface area contributed by atoms with Crippen molar-refractivity contribution in [1.29, 1.82) is 0 Å². The minimum atomic E-state index is -0.0286. The summed E-state index contributed by atoms with van der Waals surface area (Å²) in [6.07, 6.45) is 1.02. The van der Waals surface area contributed by atoms with Gasteiger partial charge in [0.15, 0.2) is 0 Å². The summed E-state index contributed by atoms with van der Waals surface area (Å²) in [5.41, 5.74) is 3.58. The van der Waals surface area contributed by atoms with Gasteiger partial charge in [-0.1, -0.05) is 40.2 Å². The third kappa shape index (κ3) is 1.65. The van der Waals surface area contributed by atoms with E-state index in [0.717, 1.165) is 17.5 Å². The SMILES string of the molecule is CC(=O)Nc1ccc2c3c(cccc13)C[C@@H]2Br. The molecule has 0 bridgehead atoms. The van der Waals surface area contributed by atoms with Crippen LogP contribution in [0.15, 0.2) is 30.3 Å². The van der Waals surface area contributed by atoms with Crippen molar-refractivity contribution >= 4 is 38.3 Å². The molecule has 0 unspecified atom stereocenters. The van der Waals surface area contributed by atoms with Gasteiger partial charge in [0.2, 0.25) is 5.91 Å². The van der Waals surface area contributed by atoms with Crippen molar-refractivity contribution in [2.24, 2.45) is 0 Å². The monoisotopic (exact) mass is 289 g/mol. The molecule has 2 aromatic rings. The molecule has 0 heterocycles. The first-order chi connectivity index (χ1) is 8.16. The van der Waals surface area contributed by atoms with Crippen molar-refractivity contribution in [3.63, 3.8) is 0 Å². The predicted molar refractivity (Wildman–Crippen MR) is 73.6 cm³/mol. The van der Waals surface area contributed by atoms with Crippen molar-refractivity contribution in [1.82, 2.24) is 0 Å². The number of anilines is 1. The fraction of sp³-hybridized carbons (Fsp3) is 0.214. The lowest BCUT2D eigenvalue weighted by Crippen LogP contribution is -2.06. The molecule has 3 rings (SSSR count). The number of rotatable bonds is 1. The molecule has 2 nitrogen and oxygen atoms in total. The molecule has 0 aromatic heterocycles. The molecule has 86 valence electrons. The molecule has 0 fully saturated rings. The number of hydrogen-bond donors (Lipinski definition) is 1. The Labute approximate surface area is 108 Å². The normalized spacial score (nSPS) is 17.4. The van der Waals surface area contributed by atoms with E-state index in [1.165, 1.54) is 23.4 Å². The number of amides is 1. The molecule has 0 saturated carbocycles. The fourth-order valence-corrected chi connectivity index (χ4v) is 3.27. The first-order valence-electron chi connectivity index (χ1n) is 5.63. The van der Waals surface area contributed by atoms with Crippen LogP contribution in [-0.4, -0.2) is 5.91 Å². The van der Waals surface area contributed by atoms with Gasteiger partial charge in [0.1, 0.15) is 0 Å². The molecule has 1 N–H and O–H groups in total. The number of benzene rings is 2. The molecule has 0 radical (unpaired) electrons. The van der Waals surface area contributed by atoms with Gasteiger partial charge in [-0.25, -0.2) is 0 Å². The van der Waals surface area contributed by atoms with Crippen LogP contribution in [0.25, 0.3) is 10.8 Å². The maximum Gasteiger partial charge on any atom is 0.221 e. The summed E-state index contributed by atoms with van der Waals surface area (Å²) in [6, 6.07) is 10.4. The maximum absolute atomic E-state index is 11.2. The van der Waals surface area contributed by atoms with Gasteiger partial charge in [0.25, 0.3) is 0 Å². The zero-order valence-corrected chi connectivity index (χ0v) is 11.0. The van der Waals surface area contributed by atoms with Gasteiger partial charge in [-0.2, -0.15) is 0 Å². The molecule has 1 atom stereocenters. The average molecular weight is 290 g/mol. The van der Waals surface area contributed by atoms with E-state index in [9.17, 15) is 4.79 Å². The second-order valence-corrected chi connectivity index (χ2v) is 5.50. The van der Waals surface area contributed by atoms with Crippen molar-refractivity contribution in [2.75, 3.05) is 5.32 Å². The number of carbonyl (C=O) groups excluding carboxylic acids is 1. The molecule has 3 heteroatoms. The highest BCUT2D eigenvalue weighted by Gasteiger charge is 2.23. The van der Waals surface area contributed by atoms with Crippen LogP contribution in [0, 0.1) is 0 Å². The predicted octanol–water partition coefficient (Wildman–Crippen LogP) is 3.79.